The fraction of sp³-hybridized carbons (Fsp3) is 0.188. The molecule has 26 heavy (non-hydrogen) atoms. The second-order valence-corrected chi connectivity index (χ2v) is 8.60. The van der Waals surface area contributed by atoms with E-state index >= 15 is 0 Å². The molecule has 0 unspecified atom stereocenters. The van der Waals surface area contributed by atoms with Gasteiger partial charge in [-0.1, -0.05) is 11.6 Å². The van der Waals surface area contributed by atoms with Crippen molar-refractivity contribution in [1.82, 2.24) is 13.4 Å². The van der Waals surface area contributed by atoms with Crippen molar-refractivity contribution in [2.75, 3.05) is 13.7 Å². The molecule has 3 heterocycles. The van der Waals surface area contributed by atoms with Gasteiger partial charge in [0.25, 0.3) is 10.0 Å². The van der Waals surface area contributed by atoms with Gasteiger partial charge in [0.05, 0.1) is 12.6 Å². The van der Waals surface area contributed by atoms with Crippen LogP contribution in [0.3, 0.4) is 0 Å². The standard InChI is InChI=1S/C16H15ClN4O3S2/c1-24-11-2-3-12-10(4-5-18)9-21(13(12)8-11)26(22,23)15-14(17)19-16-20(15)6-7-25-16/h2-3,6-9H,4-5,18H2,1H3. The van der Waals surface area contributed by atoms with Gasteiger partial charge in [0.15, 0.2) is 10.1 Å². The van der Waals surface area contributed by atoms with Crippen LogP contribution in [0.15, 0.2) is 41.0 Å². The molecule has 3 aromatic heterocycles. The number of halogens is 1. The summed E-state index contributed by atoms with van der Waals surface area (Å²) in [6, 6.07) is 5.32. The normalized spacial score (nSPS) is 12.3. The molecule has 136 valence electrons. The van der Waals surface area contributed by atoms with E-state index in [1.807, 2.05) is 6.07 Å². The first kappa shape index (κ1) is 17.3. The average Bonchev–Trinajstić information content (AvgIpc) is 3.27. The van der Waals surface area contributed by atoms with E-state index in [2.05, 4.69) is 4.98 Å². The molecular formula is C16H15ClN4O3S2. The summed E-state index contributed by atoms with van der Waals surface area (Å²) in [7, 11) is -2.44. The molecule has 7 nitrogen and oxygen atoms in total. The minimum Gasteiger partial charge on any atom is -0.497 e. The van der Waals surface area contributed by atoms with Crippen molar-refractivity contribution in [3.8, 4) is 5.75 Å². The summed E-state index contributed by atoms with van der Waals surface area (Å²) in [6.07, 6.45) is 3.78. The summed E-state index contributed by atoms with van der Waals surface area (Å²) in [6.45, 7) is 0.410. The topological polar surface area (TPSA) is 91.6 Å². The fourth-order valence-electron chi connectivity index (χ4n) is 2.99. The van der Waals surface area contributed by atoms with Gasteiger partial charge in [0.1, 0.15) is 5.75 Å². The average molecular weight is 411 g/mol. The molecule has 0 radical (unpaired) electrons. The number of rotatable bonds is 5. The summed E-state index contributed by atoms with van der Waals surface area (Å²) in [4.78, 5) is 4.65. The zero-order valence-corrected chi connectivity index (χ0v) is 16.1. The van der Waals surface area contributed by atoms with E-state index in [9.17, 15) is 8.42 Å². The van der Waals surface area contributed by atoms with Crippen LogP contribution in [-0.4, -0.2) is 35.4 Å². The smallest absolute Gasteiger partial charge is 0.287 e. The molecular weight excluding hydrogens is 396 g/mol. The number of benzene rings is 1. The summed E-state index contributed by atoms with van der Waals surface area (Å²) >= 11 is 7.47. The minimum absolute atomic E-state index is 0.0537. The molecule has 0 aliphatic rings. The van der Waals surface area contributed by atoms with E-state index in [1.165, 1.54) is 26.8 Å². The number of fused-ring (bicyclic) bond motifs is 2. The van der Waals surface area contributed by atoms with Crippen LogP contribution in [-0.2, 0) is 16.4 Å². The number of aromatic nitrogens is 3. The Morgan fingerprint density at radius 3 is 2.92 bits per heavy atom. The van der Waals surface area contributed by atoms with Gasteiger partial charge in [-0.15, -0.1) is 11.3 Å². The number of nitrogens with zero attached hydrogens (tertiary/aromatic N) is 3. The maximum absolute atomic E-state index is 13.4. The van der Waals surface area contributed by atoms with Crippen molar-refractivity contribution in [1.29, 1.82) is 0 Å². The Hall–Kier alpha value is -2.07. The highest BCUT2D eigenvalue weighted by Crippen LogP contribution is 2.32. The van der Waals surface area contributed by atoms with Crippen molar-refractivity contribution in [3.05, 3.63) is 46.7 Å². The van der Waals surface area contributed by atoms with Crippen molar-refractivity contribution in [3.63, 3.8) is 0 Å². The van der Waals surface area contributed by atoms with Gasteiger partial charge < -0.3 is 10.5 Å². The zero-order chi connectivity index (χ0) is 18.5. The number of hydrogen-bond acceptors (Lipinski definition) is 6. The third-order valence-electron chi connectivity index (χ3n) is 4.16. The first-order valence-corrected chi connectivity index (χ1v) is 10.4. The molecule has 10 heteroatoms. The van der Waals surface area contributed by atoms with Gasteiger partial charge in [-0.3, -0.25) is 4.40 Å². The number of hydrogen-bond donors (Lipinski definition) is 1. The van der Waals surface area contributed by atoms with Crippen LogP contribution in [0.5, 0.6) is 5.75 Å². The lowest BCUT2D eigenvalue weighted by Crippen LogP contribution is -2.14. The zero-order valence-electron chi connectivity index (χ0n) is 13.7. The van der Waals surface area contributed by atoms with Crippen molar-refractivity contribution in [2.45, 2.75) is 11.4 Å². The first-order chi connectivity index (χ1) is 12.5. The van der Waals surface area contributed by atoms with Gasteiger partial charge in [0, 0.05) is 29.2 Å². The second kappa shape index (κ2) is 6.27. The van der Waals surface area contributed by atoms with Crippen molar-refractivity contribution < 1.29 is 13.2 Å². The minimum atomic E-state index is -3.98. The summed E-state index contributed by atoms with van der Waals surface area (Å²) in [5.41, 5.74) is 7.04. The Labute approximate surface area is 158 Å². The van der Waals surface area contributed by atoms with E-state index in [4.69, 9.17) is 22.1 Å². The molecule has 0 fully saturated rings. The third kappa shape index (κ3) is 2.50. The van der Waals surface area contributed by atoms with Gasteiger partial charge in [-0.25, -0.2) is 8.96 Å². The monoisotopic (exact) mass is 410 g/mol. The molecule has 0 saturated heterocycles. The highest BCUT2D eigenvalue weighted by Gasteiger charge is 2.29. The Bertz CT molecular complexity index is 1220. The number of imidazole rings is 1. The van der Waals surface area contributed by atoms with Crippen LogP contribution in [0.25, 0.3) is 15.9 Å². The maximum atomic E-state index is 13.4. The fourth-order valence-corrected chi connectivity index (χ4v) is 5.79. The molecule has 0 bridgehead atoms. The van der Waals surface area contributed by atoms with Crippen LogP contribution < -0.4 is 10.5 Å². The number of nitrogens with two attached hydrogens (primary N) is 1. The Balaban J connectivity index is 2.03. The Morgan fingerprint density at radius 1 is 1.38 bits per heavy atom. The molecule has 0 atom stereocenters. The molecule has 4 aromatic rings. The third-order valence-corrected chi connectivity index (χ3v) is 6.99. The van der Waals surface area contributed by atoms with Gasteiger partial charge in [-0.05, 0) is 30.7 Å². The van der Waals surface area contributed by atoms with Crippen molar-refractivity contribution >= 4 is 48.8 Å². The number of thiazole rings is 1. The largest absolute Gasteiger partial charge is 0.497 e. The SMILES string of the molecule is COc1ccc2c(CCN)cn(S(=O)(=O)c3c(Cl)nc4sccn34)c2c1. The molecule has 2 N–H and O–H groups in total. The highest BCUT2D eigenvalue weighted by molar-refractivity contribution is 7.90. The summed E-state index contributed by atoms with van der Waals surface area (Å²) < 4.78 is 34.8. The lowest BCUT2D eigenvalue weighted by atomic mass is 10.1. The maximum Gasteiger partial charge on any atom is 0.287 e. The number of ether oxygens (including phenoxy) is 1. The van der Waals surface area contributed by atoms with Crippen LogP contribution >= 0.6 is 22.9 Å². The lowest BCUT2D eigenvalue weighted by Gasteiger charge is -2.08. The van der Waals surface area contributed by atoms with E-state index in [1.54, 1.807) is 29.9 Å². The van der Waals surface area contributed by atoms with Crippen LogP contribution in [0.4, 0.5) is 0 Å². The molecule has 0 aliphatic heterocycles. The molecule has 0 amide bonds. The quantitative estimate of drug-likeness (QED) is 0.546. The van der Waals surface area contributed by atoms with Crippen LogP contribution in [0.1, 0.15) is 5.56 Å². The molecule has 0 aliphatic carbocycles. The molecule has 4 rings (SSSR count). The Kier molecular flexibility index (Phi) is 4.19. The predicted molar refractivity (Wildman–Crippen MR) is 102 cm³/mol. The van der Waals surface area contributed by atoms with Crippen LogP contribution in [0.2, 0.25) is 5.15 Å². The first-order valence-electron chi connectivity index (χ1n) is 7.72. The van der Waals surface area contributed by atoms with E-state index in [0.717, 1.165) is 10.9 Å². The van der Waals surface area contributed by atoms with Crippen molar-refractivity contribution in [2.24, 2.45) is 5.73 Å². The van der Waals surface area contributed by atoms with E-state index in [0.29, 0.717) is 29.2 Å². The highest BCUT2D eigenvalue weighted by atomic mass is 35.5. The summed E-state index contributed by atoms with van der Waals surface area (Å²) in [5.74, 6) is 0.561. The Morgan fingerprint density at radius 2 is 2.19 bits per heavy atom. The van der Waals surface area contributed by atoms with Gasteiger partial charge in [-0.2, -0.15) is 8.42 Å². The van der Waals surface area contributed by atoms with E-state index in [-0.39, 0.29) is 10.2 Å². The predicted octanol–water partition coefficient (Wildman–Crippen LogP) is 2.75. The number of methoxy groups -OCH3 is 1. The summed E-state index contributed by atoms with van der Waals surface area (Å²) in [5, 5.41) is 2.45. The molecule has 0 spiro atoms. The molecule has 0 saturated carbocycles. The molecule has 1 aromatic carbocycles. The second-order valence-electron chi connectivity index (χ2n) is 5.64. The van der Waals surface area contributed by atoms with E-state index < -0.39 is 10.0 Å². The lowest BCUT2D eigenvalue weighted by molar-refractivity contribution is 0.415. The van der Waals surface area contributed by atoms with Crippen LogP contribution in [0, 0.1) is 0 Å². The van der Waals surface area contributed by atoms with Gasteiger partial charge in [0.2, 0.25) is 5.03 Å². The van der Waals surface area contributed by atoms with Gasteiger partial charge >= 0.3 is 0 Å².